The number of nitrogens with two attached hydrogens (primary N) is 1. The molecule has 0 aliphatic rings. The Balaban J connectivity index is 0. The van der Waals surface area contributed by atoms with Gasteiger partial charge in [-0.25, -0.2) is 0 Å². The third kappa shape index (κ3) is 7.55. The van der Waals surface area contributed by atoms with E-state index in [0.717, 1.165) is 13.1 Å². The number of hydrogen-bond acceptors (Lipinski definition) is 3. The molecule has 6 heteroatoms. The number of carbonyl (C=O) groups is 1. The molecular weight excluding hydrogens is 309 g/mol. The van der Waals surface area contributed by atoms with E-state index in [2.05, 4.69) is 48.3 Å². The molecule has 1 rings (SSSR count). The molecule has 0 aliphatic carbocycles. The molecule has 1 amide bonds. The van der Waals surface area contributed by atoms with E-state index in [1.165, 1.54) is 11.3 Å². The molecule has 0 unspecified atom stereocenters. The topological polar surface area (TPSA) is 58.4 Å². The maximum atomic E-state index is 11.6. The van der Waals surface area contributed by atoms with Gasteiger partial charge in [-0.1, -0.05) is 19.1 Å². The summed E-state index contributed by atoms with van der Waals surface area (Å²) in [5.41, 5.74) is 8.11. The Labute approximate surface area is 140 Å². The van der Waals surface area contributed by atoms with Crippen LogP contribution in [0, 0.1) is 6.92 Å². The van der Waals surface area contributed by atoms with Crippen molar-refractivity contribution in [1.29, 1.82) is 0 Å². The van der Waals surface area contributed by atoms with Crippen LogP contribution in [-0.2, 0) is 4.79 Å². The first-order chi connectivity index (χ1) is 9.08. The van der Waals surface area contributed by atoms with Crippen molar-refractivity contribution in [2.24, 2.45) is 5.73 Å². The quantitative estimate of drug-likeness (QED) is 0.804. The second-order valence-electron chi connectivity index (χ2n) is 4.72. The van der Waals surface area contributed by atoms with Gasteiger partial charge < -0.3 is 16.0 Å². The summed E-state index contributed by atoms with van der Waals surface area (Å²) in [6.45, 7) is 8.44. The monoisotopic (exact) mass is 335 g/mol. The molecule has 0 fully saturated rings. The van der Waals surface area contributed by atoms with Crippen LogP contribution in [-0.4, -0.2) is 31.6 Å². The van der Waals surface area contributed by atoms with E-state index in [0.29, 0.717) is 13.0 Å². The van der Waals surface area contributed by atoms with Crippen molar-refractivity contribution >= 4 is 36.4 Å². The molecule has 0 aliphatic heterocycles. The number of benzene rings is 1. The van der Waals surface area contributed by atoms with Gasteiger partial charge in [-0.3, -0.25) is 4.79 Å². The smallest absolute Gasteiger partial charge is 0.236 e. The van der Waals surface area contributed by atoms with Gasteiger partial charge >= 0.3 is 0 Å². The number of hydrogen-bond donors (Lipinski definition) is 2. The molecule has 0 saturated heterocycles. The largest absolute Gasteiger partial charge is 0.370 e. The van der Waals surface area contributed by atoms with Crippen LogP contribution in [0.25, 0.3) is 0 Å². The minimum atomic E-state index is -0.394. The predicted octanol–water partition coefficient (Wildman–Crippen LogP) is 2.52. The van der Waals surface area contributed by atoms with Gasteiger partial charge in [0.15, 0.2) is 0 Å². The van der Waals surface area contributed by atoms with Crippen LogP contribution in [0.5, 0.6) is 0 Å². The van der Waals surface area contributed by atoms with E-state index in [-0.39, 0.29) is 30.7 Å². The van der Waals surface area contributed by atoms with Gasteiger partial charge in [-0.05, 0) is 38.0 Å². The molecule has 0 aromatic heterocycles. The molecule has 4 nitrogen and oxygen atoms in total. The average molecular weight is 336 g/mol. The molecule has 3 N–H and O–H groups in total. The maximum absolute atomic E-state index is 11.6. The van der Waals surface area contributed by atoms with Crippen LogP contribution < -0.4 is 16.0 Å². The summed E-state index contributed by atoms with van der Waals surface area (Å²) in [6.07, 6.45) is 0.668. The Bertz CT molecular complexity index is 416. The van der Waals surface area contributed by atoms with Gasteiger partial charge in [0.1, 0.15) is 0 Å². The summed E-state index contributed by atoms with van der Waals surface area (Å²) in [6, 6.07) is 7.99. The van der Waals surface area contributed by atoms with Crippen LogP contribution in [0.3, 0.4) is 0 Å². The lowest BCUT2D eigenvalue weighted by molar-refractivity contribution is -0.122. The molecule has 0 radical (unpaired) electrons. The van der Waals surface area contributed by atoms with Crippen LogP contribution >= 0.6 is 24.8 Å². The molecule has 0 heterocycles. The summed E-state index contributed by atoms with van der Waals surface area (Å²) in [4.78, 5) is 13.8. The third-order valence-corrected chi connectivity index (χ3v) is 3.21. The third-order valence-electron chi connectivity index (χ3n) is 3.21. The molecular formula is C15H27Cl2N3O. The fraction of sp³-hybridized carbons (Fsp3) is 0.533. The molecule has 0 bridgehead atoms. The van der Waals surface area contributed by atoms with E-state index in [1.54, 1.807) is 0 Å². The van der Waals surface area contributed by atoms with E-state index in [1.807, 2.05) is 6.92 Å². The first-order valence-electron chi connectivity index (χ1n) is 6.93. The zero-order valence-corrected chi connectivity index (χ0v) is 14.6. The molecule has 21 heavy (non-hydrogen) atoms. The lowest BCUT2D eigenvalue weighted by atomic mass is 10.2. The number of amides is 1. The van der Waals surface area contributed by atoms with E-state index in [4.69, 9.17) is 5.73 Å². The van der Waals surface area contributed by atoms with Gasteiger partial charge in [0.2, 0.25) is 5.91 Å². The Morgan fingerprint density at radius 3 is 2.52 bits per heavy atom. The van der Waals surface area contributed by atoms with E-state index in [9.17, 15) is 4.79 Å². The van der Waals surface area contributed by atoms with Crippen LogP contribution in [0.15, 0.2) is 24.3 Å². The van der Waals surface area contributed by atoms with Crippen molar-refractivity contribution in [2.45, 2.75) is 33.2 Å². The molecule has 122 valence electrons. The zero-order valence-electron chi connectivity index (χ0n) is 13.0. The highest BCUT2D eigenvalue weighted by Crippen LogP contribution is 2.14. The highest BCUT2D eigenvalue weighted by atomic mass is 35.5. The first kappa shape index (κ1) is 22.3. The Morgan fingerprint density at radius 2 is 2.00 bits per heavy atom. The number of rotatable bonds is 7. The maximum Gasteiger partial charge on any atom is 0.236 e. The lowest BCUT2D eigenvalue weighted by Crippen LogP contribution is -2.43. The van der Waals surface area contributed by atoms with Gasteiger partial charge in [0.25, 0.3) is 0 Å². The number of likely N-dealkylation sites (N-methyl/N-ethyl adjacent to an activating group) is 1. The van der Waals surface area contributed by atoms with Crippen LogP contribution in [0.4, 0.5) is 5.69 Å². The van der Waals surface area contributed by atoms with Crippen molar-refractivity contribution in [1.82, 2.24) is 5.32 Å². The summed E-state index contributed by atoms with van der Waals surface area (Å²) < 4.78 is 0. The van der Waals surface area contributed by atoms with Crippen molar-refractivity contribution in [3.63, 3.8) is 0 Å². The Hall–Kier alpha value is -0.970. The Kier molecular flexibility index (Phi) is 12.4. The number of nitrogens with zero attached hydrogens (tertiary/aromatic N) is 1. The van der Waals surface area contributed by atoms with E-state index < -0.39 is 6.04 Å². The standard InChI is InChI=1S/C15H25N3O.2ClH/c1-4-14(16)15(19)17-9-10-18(5-2)13-8-6-7-12(3)11-13;;/h6-8,11,14H,4-5,9-10,16H2,1-3H3,(H,17,19);2*1H/t14-;;/m0../s1. The predicted molar refractivity (Wildman–Crippen MR) is 94.8 cm³/mol. The molecule has 1 aromatic rings. The number of nitrogens with one attached hydrogen (secondary N) is 1. The van der Waals surface area contributed by atoms with Crippen molar-refractivity contribution < 1.29 is 4.79 Å². The van der Waals surface area contributed by atoms with Gasteiger partial charge in [0, 0.05) is 25.3 Å². The zero-order chi connectivity index (χ0) is 14.3. The highest BCUT2D eigenvalue weighted by Gasteiger charge is 2.10. The number of carbonyl (C=O) groups excluding carboxylic acids is 1. The Morgan fingerprint density at radius 1 is 1.33 bits per heavy atom. The second kappa shape index (κ2) is 11.7. The minimum absolute atomic E-state index is 0. The van der Waals surface area contributed by atoms with Crippen LogP contribution in [0.2, 0.25) is 0 Å². The fourth-order valence-electron chi connectivity index (χ4n) is 1.93. The van der Waals surface area contributed by atoms with Gasteiger partial charge in [0.05, 0.1) is 6.04 Å². The van der Waals surface area contributed by atoms with Gasteiger partial charge in [-0.2, -0.15) is 0 Å². The summed E-state index contributed by atoms with van der Waals surface area (Å²) in [5, 5.41) is 2.88. The number of anilines is 1. The number of halogens is 2. The molecule has 1 aromatic carbocycles. The summed E-state index contributed by atoms with van der Waals surface area (Å²) in [7, 11) is 0. The SMILES string of the molecule is CC[C@H](N)C(=O)NCCN(CC)c1cccc(C)c1.Cl.Cl. The average Bonchev–Trinajstić information content (AvgIpc) is 2.42. The highest BCUT2D eigenvalue weighted by molar-refractivity contribution is 5.85. The lowest BCUT2D eigenvalue weighted by Gasteiger charge is -2.24. The fourth-order valence-corrected chi connectivity index (χ4v) is 1.93. The van der Waals surface area contributed by atoms with E-state index >= 15 is 0 Å². The normalized spacial score (nSPS) is 10.9. The van der Waals surface area contributed by atoms with Gasteiger partial charge in [-0.15, -0.1) is 24.8 Å². The first-order valence-corrected chi connectivity index (χ1v) is 6.93. The molecule has 1 atom stereocenters. The minimum Gasteiger partial charge on any atom is -0.370 e. The second-order valence-corrected chi connectivity index (χ2v) is 4.72. The van der Waals surface area contributed by atoms with Crippen molar-refractivity contribution in [3.05, 3.63) is 29.8 Å². The summed E-state index contributed by atoms with van der Waals surface area (Å²) >= 11 is 0. The summed E-state index contributed by atoms with van der Waals surface area (Å²) in [5.74, 6) is -0.0669. The van der Waals surface area contributed by atoms with Crippen LogP contribution in [0.1, 0.15) is 25.8 Å². The number of aryl methyl sites for hydroxylation is 1. The molecule has 0 spiro atoms. The van der Waals surface area contributed by atoms with Crippen molar-refractivity contribution in [2.75, 3.05) is 24.5 Å². The van der Waals surface area contributed by atoms with Crippen molar-refractivity contribution in [3.8, 4) is 0 Å². The molecule has 0 saturated carbocycles.